The topological polar surface area (TPSA) is 483 Å². The second-order valence-corrected chi connectivity index (χ2v) is 31.8. The largest absolute Gasteiger partial charge is 0.508 e. The minimum atomic E-state index is -1.80. The van der Waals surface area contributed by atoms with Crippen molar-refractivity contribution in [2.45, 2.75) is 263 Å². The van der Waals surface area contributed by atoms with Crippen LogP contribution in [0.15, 0.2) is 103 Å². The van der Waals surface area contributed by atoms with E-state index in [1.54, 1.807) is 58.0 Å². The van der Waals surface area contributed by atoms with Gasteiger partial charge in [0.1, 0.15) is 59.3 Å². The summed E-state index contributed by atoms with van der Waals surface area (Å²) >= 11 is 0. The maximum absolute atomic E-state index is 15.5. The third-order valence-electron chi connectivity index (χ3n) is 21.2. The molecule has 0 radical (unpaired) electrons. The summed E-state index contributed by atoms with van der Waals surface area (Å²) in [6, 6.07) is 13.4. The number of ketones is 2. The van der Waals surface area contributed by atoms with E-state index in [4.69, 9.17) is 11.5 Å². The highest BCUT2D eigenvalue weighted by Crippen LogP contribution is 2.32. The molecule has 4 aromatic rings. The molecule has 30 nitrogen and oxygen atoms in total. The Morgan fingerprint density at radius 2 is 1.29 bits per heavy atom. The highest BCUT2D eigenvalue weighted by Gasteiger charge is 2.45. The number of primary amides is 1. The van der Waals surface area contributed by atoms with Crippen LogP contribution in [0.5, 0.6) is 11.5 Å². The molecule has 2 heterocycles. The summed E-state index contributed by atoms with van der Waals surface area (Å²) in [6.45, 7) is 14.2. The van der Waals surface area contributed by atoms with Crippen LogP contribution in [0.3, 0.4) is 0 Å². The Morgan fingerprint density at radius 1 is 0.675 bits per heavy atom. The summed E-state index contributed by atoms with van der Waals surface area (Å²) in [5, 5.41) is 67.6. The molecule has 0 spiro atoms. The molecule has 0 aromatic heterocycles. The van der Waals surface area contributed by atoms with Gasteiger partial charge in [0.2, 0.25) is 65.0 Å². The number of aliphatic carboxylic acids is 1. The predicted octanol–water partition coefficient (Wildman–Crippen LogP) is 4.61. The van der Waals surface area contributed by atoms with Crippen molar-refractivity contribution in [2.24, 2.45) is 28.7 Å². The molecule has 114 heavy (non-hydrogen) atoms. The van der Waals surface area contributed by atoms with E-state index in [1.807, 2.05) is 36.4 Å². The van der Waals surface area contributed by atoms with Crippen LogP contribution in [0, 0.1) is 17.3 Å². The molecule has 13 atom stereocenters. The van der Waals surface area contributed by atoms with Crippen molar-refractivity contribution in [3.63, 3.8) is 0 Å². The lowest BCUT2D eigenvalue weighted by Crippen LogP contribution is -2.63. The number of nitrogens with one attached hydrogen (secondary N) is 9. The number of carboxylic acids is 1. The summed E-state index contributed by atoms with van der Waals surface area (Å²) in [6.07, 6.45) is 3.61. The van der Waals surface area contributed by atoms with Crippen molar-refractivity contribution in [2.75, 3.05) is 13.1 Å². The fraction of sp³-hybridized carbons (Fsp3) is 0.548. The number of carbonyl (C=O) groups excluding carboxylic acids is 13. The van der Waals surface area contributed by atoms with E-state index < -0.39 is 178 Å². The van der Waals surface area contributed by atoms with Crippen molar-refractivity contribution in [3.8, 4) is 11.5 Å². The predicted molar refractivity (Wildman–Crippen MR) is 427 cm³/mol. The number of benzene rings is 4. The molecule has 17 N–H and O–H groups in total. The molecule has 1 saturated heterocycles. The Morgan fingerprint density at radius 3 is 1.90 bits per heavy atom. The fourth-order valence-electron chi connectivity index (χ4n) is 14.3. The number of hydrogen-bond donors (Lipinski definition) is 15. The van der Waals surface area contributed by atoms with Crippen molar-refractivity contribution >= 4 is 93.3 Å². The van der Waals surface area contributed by atoms with Gasteiger partial charge in [-0.25, -0.2) is 0 Å². The van der Waals surface area contributed by atoms with Crippen molar-refractivity contribution in [3.05, 3.63) is 120 Å². The van der Waals surface area contributed by atoms with Gasteiger partial charge in [0.05, 0.1) is 17.7 Å². The first-order chi connectivity index (χ1) is 53.9. The van der Waals surface area contributed by atoms with E-state index in [0.717, 1.165) is 5.39 Å². The third-order valence-corrected chi connectivity index (χ3v) is 21.2. The van der Waals surface area contributed by atoms with Crippen LogP contribution in [0.2, 0.25) is 0 Å². The average Bonchev–Trinajstić information content (AvgIpc) is 1.36. The molecule has 0 bridgehead atoms. The Labute approximate surface area is 666 Å². The van der Waals surface area contributed by atoms with Crippen LogP contribution in [-0.4, -0.2) is 186 Å². The molecule has 2 aliphatic heterocycles. The van der Waals surface area contributed by atoms with Gasteiger partial charge in [-0.3, -0.25) is 67.1 Å². The number of aliphatic hydroxyl groups excluding tert-OH is 1. The molecule has 1 fully saturated rings. The zero-order valence-electron chi connectivity index (χ0n) is 67.0. The van der Waals surface area contributed by atoms with Crippen molar-refractivity contribution < 1.29 is 87.5 Å². The van der Waals surface area contributed by atoms with Crippen LogP contribution in [0.1, 0.15) is 195 Å². The van der Waals surface area contributed by atoms with Crippen molar-refractivity contribution in [1.29, 1.82) is 0 Å². The first-order valence-electron chi connectivity index (χ1n) is 39.5. The van der Waals surface area contributed by atoms with Gasteiger partial charge in [0.25, 0.3) is 0 Å². The summed E-state index contributed by atoms with van der Waals surface area (Å²) < 4.78 is 0. The Bertz CT molecular complexity index is 4060. The number of hydrogen-bond acceptors (Lipinski definition) is 18. The molecular formula is C84H118N12O18. The van der Waals surface area contributed by atoms with Gasteiger partial charge >= 0.3 is 5.97 Å². The number of aliphatic hydroxyl groups is 1. The number of allylic oxidation sites excluding steroid dienone is 2. The molecule has 0 saturated carbocycles. The normalized spacial score (nSPS) is 21.7. The van der Waals surface area contributed by atoms with Crippen molar-refractivity contribution in [1.82, 2.24) is 52.8 Å². The standard InChI is InChI=1S/C84H118N12O18/c1-10-24-63-76(109)95-84(9,81(114)92-62(72(86)105)29-17-20-43-85)42-19-14-12-11-13-18-41-83(8,69(102)45-50(2)73(106)89-64(75(108)88-63)46-53-33-37-57(99)38-34-53)94-77(110)65(48-56-27-21-26-55-25-15-16-28-59(55)56)90-79(112)71(51(3)97)93-78(111)67-31-23-44-96(67)80(113)66(47-54-35-39-58(100)40-36-54)91-74(107)60(82(5,6)7)49-68(101)61(87-52(4)98)30-22-32-70(103)104/h11-12,15-16,21,25-28,33-40,50-51,60-67,71,97,99-100H,10,13-14,17-20,22-24,29-32,41-49,85H2,1-9H3,(H2,86,105)(H,87,98)(H,88,108)(H,89,106)(H,90,112)(H,91,107)(H,92,114)(H,93,111)(H,94,110)(H,95,109)(H,103,104)/b12-11+/t50-,51-,60-,61+,62+,63+,64+,65+,66+,67+,71+,83+,84+/m1/s1. The maximum Gasteiger partial charge on any atom is 0.303 e. The highest BCUT2D eigenvalue weighted by atomic mass is 16.4. The first kappa shape index (κ1) is 92.3. The second kappa shape index (κ2) is 43.6. The first-order valence-corrected chi connectivity index (χ1v) is 39.5. The zero-order chi connectivity index (χ0) is 84.2. The lowest BCUT2D eigenvalue weighted by Gasteiger charge is -2.34. The number of fused-ring (bicyclic) bond motifs is 1. The summed E-state index contributed by atoms with van der Waals surface area (Å²) in [4.78, 5) is 200. The number of phenolic OH excluding ortho intramolecular Hbond substituents is 2. The fourth-order valence-corrected chi connectivity index (χ4v) is 14.3. The van der Waals surface area contributed by atoms with Gasteiger partial charge in [-0.1, -0.05) is 120 Å². The second-order valence-electron chi connectivity index (χ2n) is 31.8. The van der Waals surface area contributed by atoms with Gasteiger partial charge in [-0.05, 0) is 174 Å². The Hall–Kier alpha value is -10.6. The number of rotatable bonds is 33. The number of carbonyl (C=O) groups is 14. The lowest BCUT2D eigenvalue weighted by atomic mass is 9.76. The smallest absolute Gasteiger partial charge is 0.303 e. The number of amides is 11. The van der Waals surface area contributed by atoms with Gasteiger partial charge in [0, 0.05) is 63.8 Å². The monoisotopic (exact) mass is 1580 g/mol. The number of unbranched alkanes of at least 4 members (excludes halogenated alkanes) is 1. The highest BCUT2D eigenvalue weighted by molar-refractivity contribution is 6.02. The summed E-state index contributed by atoms with van der Waals surface area (Å²) in [5.74, 6) is -13.3. The van der Waals surface area contributed by atoms with Crippen LogP contribution < -0.4 is 59.3 Å². The van der Waals surface area contributed by atoms with E-state index in [0.29, 0.717) is 67.1 Å². The van der Waals surface area contributed by atoms with Gasteiger partial charge in [-0.15, -0.1) is 0 Å². The van der Waals surface area contributed by atoms with E-state index in [9.17, 15) is 68.4 Å². The molecule has 4 aromatic carbocycles. The summed E-state index contributed by atoms with van der Waals surface area (Å²) in [5.41, 5.74) is 8.61. The minimum absolute atomic E-state index is 0.00990. The molecule has 0 aliphatic carbocycles. The Kier molecular flexibility index (Phi) is 35.3. The summed E-state index contributed by atoms with van der Waals surface area (Å²) in [7, 11) is 0. The maximum atomic E-state index is 15.5. The van der Waals surface area contributed by atoms with Crippen LogP contribution in [0.4, 0.5) is 0 Å². The molecule has 6 rings (SSSR count). The lowest BCUT2D eigenvalue weighted by molar-refractivity contribution is -0.144. The van der Waals surface area contributed by atoms with E-state index in [-0.39, 0.29) is 102 Å². The zero-order valence-corrected chi connectivity index (χ0v) is 67.0. The minimum Gasteiger partial charge on any atom is -0.508 e. The molecule has 622 valence electrons. The number of phenols is 2. The average molecular weight is 1580 g/mol. The Balaban J connectivity index is 1.32. The van der Waals surface area contributed by atoms with Crippen LogP contribution >= 0.6 is 0 Å². The third kappa shape index (κ3) is 27.9. The SMILES string of the molecule is CCC[C@@H]1NC(=O)[C@H](Cc2ccc(O)cc2)NC(=O)[C@H](C)CC(=O)[C@@](C)(NC(=O)[C@H](Cc2cccc3ccccc23)NC(=O)[C@@H](NC(=O)[C@@H]2CCCN2C(=O)[C@H](Cc2ccc(O)cc2)NC(=O)[C@@H](CC(=O)[C@H](CCCC(=O)O)NC(C)=O)C(C)(C)C)[C@@H](C)O)CCC/C=C/CCC[C@@](C)(C(=O)N[C@@H](CCCCN)C(N)=O)NC1=O. The van der Waals surface area contributed by atoms with Gasteiger partial charge in [-0.2, -0.15) is 0 Å². The number of nitrogens with zero attached hydrogens (tertiary/aromatic N) is 1. The molecular weight excluding hydrogens is 1460 g/mol. The van der Waals surface area contributed by atoms with Gasteiger partial charge < -0.3 is 84.6 Å². The van der Waals surface area contributed by atoms with E-state index in [2.05, 4.69) is 47.9 Å². The van der Waals surface area contributed by atoms with Crippen LogP contribution in [-0.2, 0) is 86.4 Å². The van der Waals surface area contributed by atoms with E-state index in [1.165, 1.54) is 75.9 Å². The molecule has 0 unspecified atom stereocenters. The molecule has 2 aliphatic rings. The molecule has 30 heteroatoms. The van der Waals surface area contributed by atoms with E-state index >= 15 is 19.2 Å². The quantitative estimate of drug-likeness (QED) is 0.0229. The molecule has 11 amide bonds. The number of likely N-dealkylation sites (tertiary alicyclic amines) is 1. The number of nitrogens with two attached hydrogens (primary N) is 2. The van der Waals surface area contributed by atoms with Crippen LogP contribution in [0.25, 0.3) is 10.8 Å². The number of carboxylic acid groups (broad SMARTS) is 1. The number of Topliss-reactive ketones (excluding diaryl/α,β-unsaturated/α-hetero) is 2. The van der Waals surface area contributed by atoms with Gasteiger partial charge in [0.15, 0.2) is 11.6 Å². The number of aromatic hydroxyl groups is 2.